The van der Waals surface area contributed by atoms with Crippen LogP contribution in [0.5, 0.6) is 0 Å². The molecule has 0 aliphatic heterocycles. The number of thiophene rings is 1. The minimum Gasteiger partial charge on any atom is -0.271 e. The Morgan fingerprint density at radius 2 is 2.21 bits per heavy atom. The van der Waals surface area contributed by atoms with E-state index in [1.165, 1.54) is 11.3 Å². The molecule has 1 aromatic heterocycles. The SMILES string of the molecule is CC(C)CCC(Cc1cccs1)NN. The number of hydrazine groups is 1. The van der Waals surface area contributed by atoms with E-state index in [1.54, 1.807) is 11.3 Å². The first-order valence-electron chi connectivity index (χ1n) is 5.21. The van der Waals surface area contributed by atoms with Crippen molar-refractivity contribution in [1.82, 2.24) is 5.43 Å². The van der Waals surface area contributed by atoms with E-state index in [-0.39, 0.29) is 0 Å². The van der Waals surface area contributed by atoms with E-state index >= 15 is 0 Å². The van der Waals surface area contributed by atoms with Gasteiger partial charge in [-0.25, -0.2) is 0 Å². The van der Waals surface area contributed by atoms with Crippen molar-refractivity contribution in [3.63, 3.8) is 0 Å². The molecule has 3 heteroatoms. The molecule has 0 amide bonds. The van der Waals surface area contributed by atoms with Crippen LogP contribution in [0.15, 0.2) is 17.5 Å². The third-order valence-electron chi connectivity index (χ3n) is 2.36. The van der Waals surface area contributed by atoms with E-state index in [0.29, 0.717) is 6.04 Å². The highest BCUT2D eigenvalue weighted by Crippen LogP contribution is 2.14. The fraction of sp³-hybridized carbons (Fsp3) is 0.636. The van der Waals surface area contributed by atoms with Crippen molar-refractivity contribution in [1.29, 1.82) is 0 Å². The van der Waals surface area contributed by atoms with Crippen molar-refractivity contribution in [3.8, 4) is 0 Å². The Kier molecular flexibility index (Phi) is 5.15. The summed E-state index contributed by atoms with van der Waals surface area (Å²) in [6.07, 6.45) is 3.45. The second-order valence-electron chi connectivity index (χ2n) is 4.12. The number of rotatable bonds is 6. The lowest BCUT2D eigenvalue weighted by atomic mass is 10.0. The second-order valence-corrected chi connectivity index (χ2v) is 5.15. The Morgan fingerprint density at radius 3 is 2.71 bits per heavy atom. The lowest BCUT2D eigenvalue weighted by Crippen LogP contribution is -2.36. The summed E-state index contributed by atoms with van der Waals surface area (Å²) in [4.78, 5) is 1.41. The van der Waals surface area contributed by atoms with Gasteiger partial charge in [0.05, 0.1) is 0 Å². The first kappa shape index (κ1) is 11.7. The predicted octanol–water partition coefficient (Wildman–Crippen LogP) is 2.56. The van der Waals surface area contributed by atoms with E-state index in [2.05, 4.69) is 36.8 Å². The summed E-state index contributed by atoms with van der Waals surface area (Å²) in [5, 5.41) is 2.12. The van der Waals surface area contributed by atoms with Crippen LogP contribution in [-0.4, -0.2) is 6.04 Å². The summed E-state index contributed by atoms with van der Waals surface area (Å²) in [5.74, 6) is 6.29. The first-order chi connectivity index (χ1) is 6.72. The monoisotopic (exact) mass is 212 g/mol. The molecule has 2 nitrogen and oxygen atoms in total. The fourth-order valence-corrected chi connectivity index (χ4v) is 2.24. The van der Waals surface area contributed by atoms with Crippen LogP contribution < -0.4 is 11.3 Å². The highest BCUT2D eigenvalue weighted by molar-refractivity contribution is 7.09. The molecule has 1 aromatic rings. The third kappa shape index (κ3) is 4.22. The number of hydrogen-bond acceptors (Lipinski definition) is 3. The zero-order chi connectivity index (χ0) is 10.4. The molecule has 0 radical (unpaired) electrons. The number of nitrogens with one attached hydrogen (secondary N) is 1. The summed E-state index contributed by atoms with van der Waals surface area (Å²) in [6, 6.07) is 4.69. The molecule has 80 valence electrons. The van der Waals surface area contributed by atoms with Crippen molar-refractivity contribution in [2.24, 2.45) is 11.8 Å². The normalized spacial score (nSPS) is 13.4. The molecule has 1 heterocycles. The van der Waals surface area contributed by atoms with Gasteiger partial charge >= 0.3 is 0 Å². The zero-order valence-corrected chi connectivity index (χ0v) is 9.81. The Hall–Kier alpha value is -0.380. The van der Waals surface area contributed by atoms with Gasteiger partial charge in [0.15, 0.2) is 0 Å². The summed E-state index contributed by atoms with van der Waals surface area (Å²) in [6.45, 7) is 4.50. The van der Waals surface area contributed by atoms with Crippen molar-refractivity contribution in [3.05, 3.63) is 22.4 Å². The van der Waals surface area contributed by atoms with Crippen molar-refractivity contribution < 1.29 is 0 Å². The quantitative estimate of drug-likeness (QED) is 0.562. The maximum atomic E-state index is 5.53. The lowest BCUT2D eigenvalue weighted by Gasteiger charge is -2.15. The van der Waals surface area contributed by atoms with Gasteiger partial charge in [-0.3, -0.25) is 11.3 Å². The van der Waals surface area contributed by atoms with Crippen LogP contribution in [0.25, 0.3) is 0 Å². The number of hydrogen-bond donors (Lipinski definition) is 2. The summed E-state index contributed by atoms with van der Waals surface area (Å²) in [5.41, 5.74) is 2.90. The predicted molar refractivity (Wildman–Crippen MR) is 63.2 cm³/mol. The van der Waals surface area contributed by atoms with Crippen LogP contribution >= 0.6 is 11.3 Å². The van der Waals surface area contributed by atoms with Gasteiger partial charge in [0.25, 0.3) is 0 Å². The van der Waals surface area contributed by atoms with Crippen LogP contribution in [0.1, 0.15) is 31.6 Å². The molecule has 0 spiro atoms. The van der Waals surface area contributed by atoms with E-state index in [0.717, 1.165) is 18.8 Å². The highest BCUT2D eigenvalue weighted by atomic mass is 32.1. The van der Waals surface area contributed by atoms with Crippen molar-refractivity contribution >= 4 is 11.3 Å². The van der Waals surface area contributed by atoms with Gasteiger partial charge in [0.1, 0.15) is 0 Å². The molecule has 0 bridgehead atoms. The highest BCUT2D eigenvalue weighted by Gasteiger charge is 2.08. The molecule has 0 aliphatic rings. The van der Waals surface area contributed by atoms with Gasteiger partial charge in [-0.05, 0) is 36.6 Å². The minimum absolute atomic E-state index is 0.427. The Balaban J connectivity index is 2.32. The topological polar surface area (TPSA) is 38.0 Å². The molecule has 0 aliphatic carbocycles. The Labute approximate surface area is 90.5 Å². The van der Waals surface area contributed by atoms with Gasteiger partial charge in [-0.1, -0.05) is 19.9 Å². The average molecular weight is 212 g/mol. The van der Waals surface area contributed by atoms with Gasteiger partial charge in [0.2, 0.25) is 0 Å². The van der Waals surface area contributed by atoms with Crippen molar-refractivity contribution in [2.45, 2.75) is 39.2 Å². The Bertz CT molecular complexity index is 231. The smallest absolute Gasteiger partial charge is 0.0258 e. The van der Waals surface area contributed by atoms with Gasteiger partial charge in [0, 0.05) is 10.9 Å². The maximum absolute atomic E-state index is 5.53. The standard InChI is InChI=1S/C11H20N2S/c1-9(2)5-6-10(13-12)8-11-4-3-7-14-11/h3-4,7,9-10,13H,5-6,8,12H2,1-2H3. The molecule has 3 N–H and O–H groups in total. The third-order valence-corrected chi connectivity index (χ3v) is 3.25. The van der Waals surface area contributed by atoms with Crippen LogP contribution in [0.3, 0.4) is 0 Å². The van der Waals surface area contributed by atoms with Crippen LogP contribution in [0.4, 0.5) is 0 Å². The average Bonchev–Trinajstić information content (AvgIpc) is 2.64. The minimum atomic E-state index is 0.427. The molecular formula is C11H20N2S. The molecule has 14 heavy (non-hydrogen) atoms. The van der Waals surface area contributed by atoms with E-state index in [9.17, 15) is 0 Å². The fourth-order valence-electron chi connectivity index (χ4n) is 1.45. The van der Waals surface area contributed by atoms with Crippen LogP contribution in [-0.2, 0) is 6.42 Å². The first-order valence-corrected chi connectivity index (χ1v) is 6.09. The molecular weight excluding hydrogens is 192 g/mol. The van der Waals surface area contributed by atoms with Crippen LogP contribution in [0.2, 0.25) is 0 Å². The molecule has 0 fully saturated rings. The van der Waals surface area contributed by atoms with Crippen molar-refractivity contribution in [2.75, 3.05) is 0 Å². The van der Waals surface area contributed by atoms with E-state index in [1.807, 2.05) is 0 Å². The largest absolute Gasteiger partial charge is 0.271 e. The van der Waals surface area contributed by atoms with E-state index in [4.69, 9.17) is 5.84 Å². The molecule has 1 atom stereocenters. The zero-order valence-electron chi connectivity index (χ0n) is 8.99. The summed E-state index contributed by atoms with van der Waals surface area (Å²) < 4.78 is 0. The molecule has 1 rings (SSSR count). The van der Waals surface area contributed by atoms with Gasteiger partial charge < -0.3 is 0 Å². The molecule has 0 saturated heterocycles. The van der Waals surface area contributed by atoms with Gasteiger partial charge in [-0.2, -0.15) is 0 Å². The second kappa shape index (κ2) is 6.17. The molecule has 0 saturated carbocycles. The summed E-state index contributed by atoms with van der Waals surface area (Å²) in [7, 11) is 0. The lowest BCUT2D eigenvalue weighted by molar-refractivity contribution is 0.436. The van der Waals surface area contributed by atoms with Gasteiger partial charge in [-0.15, -0.1) is 11.3 Å². The molecule has 1 unspecified atom stereocenters. The summed E-state index contributed by atoms with van der Waals surface area (Å²) >= 11 is 1.81. The Morgan fingerprint density at radius 1 is 1.43 bits per heavy atom. The van der Waals surface area contributed by atoms with E-state index < -0.39 is 0 Å². The van der Waals surface area contributed by atoms with Crippen LogP contribution in [0, 0.1) is 5.92 Å². The maximum Gasteiger partial charge on any atom is 0.0258 e. The molecule has 0 aromatic carbocycles. The number of nitrogens with two attached hydrogens (primary N) is 1.